The molecule has 4 unspecified atom stereocenters. The van der Waals surface area contributed by atoms with E-state index >= 15 is 0 Å². The van der Waals surface area contributed by atoms with Crippen LogP contribution in [-0.2, 0) is 4.74 Å². The number of nitrogens with zero attached hydrogens (tertiary/aromatic N) is 1. The molecular weight excluding hydrogens is 236 g/mol. The van der Waals surface area contributed by atoms with Gasteiger partial charge in [-0.15, -0.1) is 0 Å². The fourth-order valence-electron chi connectivity index (χ4n) is 4.08. The molecule has 1 aliphatic heterocycles. The van der Waals surface area contributed by atoms with Crippen LogP contribution in [0.15, 0.2) is 0 Å². The van der Waals surface area contributed by atoms with Crippen LogP contribution in [0, 0.1) is 11.8 Å². The maximum absolute atomic E-state index is 6.26. The van der Waals surface area contributed by atoms with Gasteiger partial charge in [-0.1, -0.05) is 26.7 Å². The number of morpholine rings is 1. The largest absolute Gasteiger partial charge is 0.376 e. The lowest BCUT2D eigenvalue weighted by atomic mass is 9.70. The van der Waals surface area contributed by atoms with Crippen molar-refractivity contribution < 1.29 is 4.74 Å². The molecule has 0 spiro atoms. The standard InChI is InChI=1S/C16H32N2O/c1-12(2)15-6-5-7-16(8-15,11-17)18-9-14(4)19-10-13(18)3/h12-15H,5-11,17H2,1-4H3. The van der Waals surface area contributed by atoms with Gasteiger partial charge in [0.1, 0.15) is 0 Å². The normalized spacial score (nSPS) is 41.7. The van der Waals surface area contributed by atoms with Gasteiger partial charge in [-0.25, -0.2) is 0 Å². The molecule has 1 saturated carbocycles. The highest BCUT2D eigenvalue weighted by molar-refractivity contribution is 5.00. The van der Waals surface area contributed by atoms with E-state index < -0.39 is 0 Å². The lowest BCUT2D eigenvalue weighted by Crippen LogP contribution is -2.64. The second kappa shape index (κ2) is 6.11. The third-order valence-electron chi connectivity index (χ3n) is 5.40. The first-order chi connectivity index (χ1) is 8.98. The molecule has 0 bridgehead atoms. The number of rotatable bonds is 3. The summed E-state index contributed by atoms with van der Waals surface area (Å²) in [6.45, 7) is 11.9. The Balaban J connectivity index is 2.16. The highest BCUT2D eigenvalue weighted by atomic mass is 16.5. The summed E-state index contributed by atoms with van der Waals surface area (Å²) >= 11 is 0. The minimum Gasteiger partial charge on any atom is -0.376 e. The van der Waals surface area contributed by atoms with Crippen molar-refractivity contribution in [3.05, 3.63) is 0 Å². The first kappa shape index (κ1) is 15.3. The van der Waals surface area contributed by atoms with E-state index in [0.717, 1.165) is 31.5 Å². The van der Waals surface area contributed by atoms with Crippen molar-refractivity contribution in [1.82, 2.24) is 4.90 Å². The molecule has 0 radical (unpaired) electrons. The zero-order valence-corrected chi connectivity index (χ0v) is 13.2. The Bertz CT molecular complexity index is 294. The lowest BCUT2D eigenvalue weighted by Gasteiger charge is -2.53. The van der Waals surface area contributed by atoms with Crippen molar-refractivity contribution >= 4 is 0 Å². The van der Waals surface area contributed by atoms with Crippen molar-refractivity contribution in [3.8, 4) is 0 Å². The topological polar surface area (TPSA) is 38.5 Å². The van der Waals surface area contributed by atoms with Crippen molar-refractivity contribution in [2.45, 2.75) is 71.1 Å². The van der Waals surface area contributed by atoms with Crippen LogP contribution in [0.2, 0.25) is 0 Å². The minimum atomic E-state index is 0.227. The van der Waals surface area contributed by atoms with Gasteiger partial charge in [0, 0.05) is 24.7 Å². The first-order valence-electron chi connectivity index (χ1n) is 8.07. The van der Waals surface area contributed by atoms with Crippen LogP contribution < -0.4 is 5.73 Å². The molecule has 4 atom stereocenters. The molecule has 3 heteroatoms. The Morgan fingerprint density at radius 1 is 1.37 bits per heavy atom. The Morgan fingerprint density at radius 2 is 2.11 bits per heavy atom. The quantitative estimate of drug-likeness (QED) is 0.855. The molecule has 0 aromatic heterocycles. The van der Waals surface area contributed by atoms with Gasteiger partial charge in [-0.3, -0.25) is 4.90 Å². The summed E-state index contributed by atoms with van der Waals surface area (Å²) in [5, 5.41) is 0. The summed E-state index contributed by atoms with van der Waals surface area (Å²) < 4.78 is 5.79. The van der Waals surface area contributed by atoms with Crippen LogP contribution in [-0.4, -0.2) is 42.3 Å². The van der Waals surface area contributed by atoms with E-state index in [0.29, 0.717) is 12.1 Å². The number of hydrogen-bond acceptors (Lipinski definition) is 3. The van der Waals surface area contributed by atoms with Crippen molar-refractivity contribution in [1.29, 1.82) is 0 Å². The Morgan fingerprint density at radius 3 is 2.74 bits per heavy atom. The van der Waals surface area contributed by atoms with Crippen molar-refractivity contribution in [2.24, 2.45) is 17.6 Å². The first-order valence-corrected chi connectivity index (χ1v) is 8.07. The van der Waals surface area contributed by atoms with Crippen LogP contribution >= 0.6 is 0 Å². The Labute approximate surface area is 118 Å². The summed E-state index contributed by atoms with van der Waals surface area (Å²) in [5.74, 6) is 1.61. The molecule has 0 aromatic carbocycles. The zero-order chi connectivity index (χ0) is 14.0. The van der Waals surface area contributed by atoms with Gasteiger partial charge < -0.3 is 10.5 Å². The van der Waals surface area contributed by atoms with Gasteiger partial charge in [0.25, 0.3) is 0 Å². The van der Waals surface area contributed by atoms with E-state index in [1.54, 1.807) is 0 Å². The highest BCUT2D eigenvalue weighted by Gasteiger charge is 2.44. The molecule has 3 nitrogen and oxygen atoms in total. The molecule has 0 amide bonds. The van der Waals surface area contributed by atoms with Crippen LogP contribution in [0.25, 0.3) is 0 Å². The number of ether oxygens (including phenoxy) is 1. The predicted octanol–water partition coefficient (Wildman–Crippen LogP) is 2.64. The smallest absolute Gasteiger partial charge is 0.0675 e. The van der Waals surface area contributed by atoms with Crippen LogP contribution in [0.1, 0.15) is 53.4 Å². The average Bonchev–Trinajstić information content (AvgIpc) is 2.41. The van der Waals surface area contributed by atoms with Gasteiger partial charge in [0.2, 0.25) is 0 Å². The second-order valence-electron chi connectivity index (χ2n) is 7.17. The van der Waals surface area contributed by atoms with Gasteiger partial charge in [0.05, 0.1) is 12.7 Å². The fourth-order valence-corrected chi connectivity index (χ4v) is 4.08. The molecule has 1 heterocycles. The Kier molecular flexibility index (Phi) is 4.91. The summed E-state index contributed by atoms with van der Waals surface area (Å²) in [5.41, 5.74) is 6.48. The summed E-state index contributed by atoms with van der Waals surface area (Å²) in [7, 11) is 0. The molecule has 0 aromatic rings. The molecule has 2 fully saturated rings. The third kappa shape index (κ3) is 3.14. The molecule has 2 N–H and O–H groups in total. The van der Waals surface area contributed by atoms with E-state index in [-0.39, 0.29) is 5.54 Å². The van der Waals surface area contributed by atoms with E-state index in [2.05, 4.69) is 32.6 Å². The van der Waals surface area contributed by atoms with Crippen molar-refractivity contribution in [3.63, 3.8) is 0 Å². The third-order valence-corrected chi connectivity index (χ3v) is 5.40. The SMILES string of the molecule is CC1CN(C2(CN)CCCC(C(C)C)C2)C(C)CO1. The summed E-state index contributed by atoms with van der Waals surface area (Å²) in [6.07, 6.45) is 5.60. The average molecular weight is 268 g/mol. The number of nitrogens with two attached hydrogens (primary N) is 1. The molecule has 2 rings (SSSR count). The molecular formula is C16H32N2O. The van der Waals surface area contributed by atoms with E-state index in [1.807, 2.05) is 0 Å². The maximum Gasteiger partial charge on any atom is 0.0675 e. The highest BCUT2D eigenvalue weighted by Crippen LogP contribution is 2.41. The van der Waals surface area contributed by atoms with Crippen LogP contribution in [0.3, 0.4) is 0 Å². The lowest BCUT2D eigenvalue weighted by molar-refractivity contribution is -0.108. The Hall–Kier alpha value is -0.120. The van der Waals surface area contributed by atoms with Crippen LogP contribution in [0.5, 0.6) is 0 Å². The second-order valence-corrected chi connectivity index (χ2v) is 7.17. The summed E-state index contributed by atoms with van der Waals surface area (Å²) in [6, 6.07) is 0.505. The number of hydrogen-bond donors (Lipinski definition) is 1. The van der Waals surface area contributed by atoms with E-state index in [4.69, 9.17) is 10.5 Å². The van der Waals surface area contributed by atoms with Gasteiger partial charge >= 0.3 is 0 Å². The molecule has 112 valence electrons. The van der Waals surface area contributed by atoms with E-state index in [9.17, 15) is 0 Å². The van der Waals surface area contributed by atoms with Gasteiger partial charge in [0.15, 0.2) is 0 Å². The maximum atomic E-state index is 6.26. The summed E-state index contributed by atoms with van der Waals surface area (Å²) in [4.78, 5) is 2.68. The molecule has 19 heavy (non-hydrogen) atoms. The fraction of sp³-hybridized carbons (Fsp3) is 1.00. The monoisotopic (exact) mass is 268 g/mol. The minimum absolute atomic E-state index is 0.227. The predicted molar refractivity (Wildman–Crippen MR) is 80.2 cm³/mol. The van der Waals surface area contributed by atoms with Gasteiger partial charge in [-0.2, -0.15) is 0 Å². The van der Waals surface area contributed by atoms with Crippen molar-refractivity contribution in [2.75, 3.05) is 19.7 Å². The zero-order valence-electron chi connectivity index (χ0n) is 13.2. The molecule has 1 aliphatic carbocycles. The molecule has 2 aliphatic rings. The molecule has 1 saturated heterocycles. The van der Waals surface area contributed by atoms with E-state index in [1.165, 1.54) is 25.7 Å². The van der Waals surface area contributed by atoms with Gasteiger partial charge in [-0.05, 0) is 38.5 Å². The van der Waals surface area contributed by atoms with Crippen LogP contribution in [0.4, 0.5) is 0 Å².